The maximum atomic E-state index is 13.9. The molecule has 0 fully saturated rings. The molecule has 0 unspecified atom stereocenters. The number of nitrogens with one attached hydrogen (secondary N) is 1. The summed E-state index contributed by atoms with van der Waals surface area (Å²) >= 11 is 5.71. The number of amides is 1. The number of rotatable bonds is 6. The van der Waals surface area contributed by atoms with Gasteiger partial charge >= 0.3 is 18.4 Å². The topological polar surface area (TPSA) is 59.9 Å². The van der Waals surface area contributed by atoms with Crippen molar-refractivity contribution in [1.82, 2.24) is 5.43 Å². The van der Waals surface area contributed by atoms with E-state index in [2.05, 4.69) is 14.6 Å². The Morgan fingerprint density at radius 3 is 2.39 bits per heavy atom. The molecular weight excluding hydrogens is 411 g/mol. The zero-order valence-electron chi connectivity index (χ0n) is 14.1. The van der Waals surface area contributed by atoms with Crippen LogP contribution in [0.2, 0.25) is 5.02 Å². The first-order valence-electron chi connectivity index (χ1n) is 7.49. The molecule has 0 bridgehead atoms. The summed E-state index contributed by atoms with van der Waals surface area (Å²) in [6, 6.07) is 8.64. The van der Waals surface area contributed by atoms with Gasteiger partial charge in [0.2, 0.25) is 0 Å². The van der Waals surface area contributed by atoms with E-state index in [0.717, 1.165) is 18.3 Å². The summed E-state index contributed by atoms with van der Waals surface area (Å²) in [7, 11) is 0. The number of carbonyl (C=O) groups is 1. The first-order chi connectivity index (χ1) is 13.0. The summed E-state index contributed by atoms with van der Waals surface area (Å²) in [5, 5.41) is 3.52. The Morgan fingerprint density at radius 2 is 1.75 bits per heavy atom. The van der Waals surface area contributed by atoms with E-state index in [1.807, 2.05) is 0 Å². The number of alkyl halides is 5. The normalized spacial score (nSPS) is 12.1. The Hall–Kier alpha value is -2.88. The van der Waals surface area contributed by atoms with Crippen LogP contribution in [-0.4, -0.2) is 24.6 Å². The molecule has 0 aliphatic heterocycles. The zero-order valence-corrected chi connectivity index (χ0v) is 14.8. The maximum absolute atomic E-state index is 13.9. The van der Waals surface area contributed by atoms with E-state index in [4.69, 9.17) is 11.6 Å². The van der Waals surface area contributed by atoms with Crippen LogP contribution in [0.3, 0.4) is 0 Å². The molecule has 2 aromatic rings. The SMILES string of the molecule is Cc1cc(Cl)ccc1OC(F)(F)C(=O)N/N=C/c1ccccc1OC(F)(F)F. The second-order valence-corrected chi connectivity index (χ2v) is 5.75. The molecule has 28 heavy (non-hydrogen) atoms. The Labute approximate surface area is 160 Å². The van der Waals surface area contributed by atoms with Gasteiger partial charge in [0, 0.05) is 10.6 Å². The van der Waals surface area contributed by atoms with Crippen LogP contribution < -0.4 is 14.9 Å². The number of para-hydroxylation sites is 1. The van der Waals surface area contributed by atoms with Crippen molar-refractivity contribution in [3.05, 3.63) is 58.6 Å². The van der Waals surface area contributed by atoms with Crippen LogP contribution in [0.1, 0.15) is 11.1 Å². The second-order valence-electron chi connectivity index (χ2n) is 5.31. The van der Waals surface area contributed by atoms with Crippen molar-refractivity contribution in [2.75, 3.05) is 0 Å². The van der Waals surface area contributed by atoms with E-state index >= 15 is 0 Å². The van der Waals surface area contributed by atoms with Crippen molar-refractivity contribution < 1.29 is 36.2 Å². The summed E-state index contributed by atoms with van der Waals surface area (Å²) in [5.74, 6) is -2.82. The molecule has 0 radical (unpaired) electrons. The lowest BCUT2D eigenvalue weighted by Gasteiger charge is -2.17. The number of hydrogen-bond donors (Lipinski definition) is 1. The van der Waals surface area contributed by atoms with E-state index in [1.54, 1.807) is 0 Å². The van der Waals surface area contributed by atoms with E-state index in [1.165, 1.54) is 42.7 Å². The van der Waals surface area contributed by atoms with E-state index < -0.39 is 24.1 Å². The van der Waals surface area contributed by atoms with Crippen molar-refractivity contribution in [3.63, 3.8) is 0 Å². The molecule has 11 heteroatoms. The number of nitrogens with zero attached hydrogens (tertiary/aromatic N) is 1. The van der Waals surface area contributed by atoms with Gasteiger partial charge in [0.05, 0.1) is 6.21 Å². The molecule has 0 heterocycles. The fourth-order valence-corrected chi connectivity index (χ4v) is 2.17. The van der Waals surface area contributed by atoms with Gasteiger partial charge in [-0.1, -0.05) is 23.7 Å². The fraction of sp³-hybridized carbons (Fsp3) is 0.176. The highest BCUT2D eigenvalue weighted by atomic mass is 35.5. The highest BCUT2D eigenvalue weighted by Crippen LogP contribution is 2.28. The summed E-state index contributed by atoms with van der Waals surface area (Å²) < 4.78 is 73.0. The number of carbonyl (C=O) groups excluding carboxylic acids is 1. The second kappa shape index (κ2) is 8.42. The number of aryl methyl sites for hydroxylation is 1. The molecule has 0 saturated carbocycles. The van der Waals surface area contributed by atoms with Crippen LogP contribution in [0.25, 0.3) is 0 Å². The molecule has 2 rings (SSSR count). The third-order valence-electron chi connectivity index (χ3n) is 3.15. The maximum Gasteiger partial charge on any atom is 0.573 e. The van der Waals surface area contributed by atoms with E-state index in [9.17, 15) is 26.7 Å². The molecular formula is C17H12ClF5N2O3. The smallest absolute Gasteiger partial charge is 0.425 e. The lowest BCUT2D eigenvalue weighted by molar-refractivity contribution is -0.274. The van der Waals surface area contributed by atoms with Crippen molar-refractivity contribution >= 4 is 23.7 Å². The molecule has 0 spiro atoms. The first-order valence-corrected chi connectivity index (χ1v) is 7.87. The Bertz CT molecular complexity index is 887. The minimum Gasteiger partial charge on any atom is -0.425 e. The molecule has 150 valence electrons. The molecule has 0 saturated heterocycles. The number of hydrogen-bond acceptors (Lipinski definition) is 4. The highest BCUT2D eigenvalue weighted by molar-refractivity contribution is 6.30. The van der Waals surface area contributed by atoms with Crippen LogP contribution in [0.4, 0.5) is 22.0 Å². The van der Waals surface area contributed by atoms with Gasteiger partial charge in [-0.05, 0) is 42.8 Å². The van der Waals surface area contributed by atoms with Crippen molar-refractivity contribution in [1.29, 1.82) is 0 Å². The largest absolute Gasteiger partial charge is 0.573 e. The van der Waals surface area contributed by atoms with Gasteiger partial charge in [-0.3, -0.25) is 4.79 Å². The van der Waals surface area contributed by atoms with Gasteiger partial charge in [-0.2, -0.15) is 13.9 Å². The molecule has 0 aliphatic carbocycles. The van der Waals surface area contributed by atoms with E-state index in [-0.39, 0.29) is 16.9 Å². The number of ether oxygens (including phenoxy) is 2. The summed E-state index contributed by atoms with van der Waals surface area (Å²) in [5.41, 5.74) is 1.57. The first kappa shape index (κ1) is 21.4. The molecule has 0 aliphatic rings. The highest BCUT2D eigenvalue weighted by Gasteiger charge is 2.42. The molecule has 1 N–H and O–H groups in total. The predicted octanol–water partition coefficient (Wildman–Crippen LogP) is 4.67. The van der Waals surface area contributed by atoms with Crippen LogP contribution >= 0.6 is 11.6 Å². The number of hydrazone groups is 1. The lowest BCUT2D eigenvalue weighted by atomic mass is 10.2. The number of halogens is 6. The third-order valence-corrected chi connectivity index (χ3v) is 3.39. The Kier molecular flexibility index (Phi) is 6.45. The Morgan fingerprint density at radius 1 is 1.07 bits per heavy atom. The van der Waals surface area contributed by atoms with Gasteiger partial charge in [-0.15, -0.1) is 13.2 Å². The lowest BCUT2D eigenvalue weighted by Crippen LogP contribution is -2.42. The van der Waals surface area contributed by atoms with E-state index in [0.29, 0.717) is 5.02 Å². The molecule has 0 aromatic heterocycles. The molecule has 5 nitrogen and oxygen atoms in total. The summed E-state index contributed by atoms with van der Waals surface area (Å²) in [6.07, 6.45) is -8.52. The fourth-order valence-electron chi connectivity index (χ4n) is 1.94. The molecule has 0 atom stereocenters. The number of benzene rings is 2. The Balaban J connectivity index is 2.06. The average Bonchev–Trinajstić information content (AvgIpc) is 2.57. The van der Waals surface area contributed by atoms with Crippen LogP contribution in [0, 0.1) is 6.92 Å². The van der Waals surface area contributed by atoms with Crippen LogP contribution in [-0.2, 0) is 4.79 Å². The van der Waals surface area contributed by atoms with Gasteiger partial charge in [-0.25, -0.2) is 5.43 Å². The average molecular weight is 423 g/mol. The third kappa shape index (κ3) is 6.08. The van der Waals surface area contributed by atoms with Crippen molar-refractivity contribution in [2.24, 2.45) is 5.10 Å². The summed E-state index contributed by atoms with van der Waals surface area (Å²) in [4.78, 5) is 11.6. The van der Waals surface area contributed by atoms with Crippen LogP contribution in [0.15, 0.2) is 47.6 Å². The standard InChI is InChI=1S/C17H12ClF5N2O3/c1-10-8-12(18)6-7-13(10)27-16(19,20)15(26)25-24-9-11-4-2-3-5-14(11)28-17(21,22)23/h2-9H,1H3,(H,25,26)/b24-9+. The zero-order chi connectivity index (χ0) is 20.9. The molecule has 2 aromatic carbocycles. The minimum atomic E-state index is -4.95. The van der Waals surface area contributed by atoms with Gasteiger partial charge in [0.15, 0.2) is 0 Å². The van der Waals surface area contributed by atoms with Crippen molar-refractivity contribution in [2.45, 2.75) is 19.4 Å². The predicted molar refractivity (Wildman–Crippen MR) is 90.6 cm³/mol. The van der Waals surface area contributed by atoms with Crippen LogP contribution in [0.5, 0.6) is 11.5 Å². The monoisotopic (exact) mass is 422 g/mol. The van der Waals surface area contributed by atoms with Gasteiger partial charge in [0.25, 0.3) is 0 Å². The summed E-state index contributed by atoms with van der Waals surface area (Å²) in [6.45, 7) is 1.45. The minimum absolute atomic E-state index is 0.196. The quantitative estimate of drug-likeness (QED) is 0.418. The van der Waals surface area contributed by atoms with Gasteiger partial charge < -0.3 is 9.47 Å². The van der Waals surface area contributed by atoms with Crippen molar-refractivity contribution in [3.8, 4) is 11.5 Å². The molecule has 1 amide bonds. The van der Waals surface area contributed by atoms with Gasteiger partial charge in [0.1, 0.15) is 11.5 Å².